The molecule has 0 aliphatic rings. The number of carbonyl (C=O) groups is 1. The summed E-state index contributed by atoms with van der Waals surface area (Å²) in [5.41, 5.74) is 0.359. The van der Waals surface area contributed by atoms with Crippen molar-refractivity contribution in [3.63, 3.8) is 0 Å². The fraction of sp³-hybridized carbons (Fsp3) is 0.462. The molecule has 0 aliphatic carbocycles. The van der Waals surface area contributed by atoms with E-state index in [2.05, 4.69) is 0 Å². The largest absolute Gasteiger partial charge is 0.504 e. The molecule has 4 nitrogen and oxygen atoms in total. The maximum atomic E-state index is 11.6. The summed E-state index contributed by atoms with van der Waals surface area (Å²) in [7, 11) is 0. The van der Waals surface area contributed by atoms with Gasteiger partial charge in [-0.25, -0.2) is 0 Å². The van der Waals surface area contributed by atoms with Crippen LogP contribution in [0.5, 0.6) is 11.5 Å². The number of aliphatic hydroxyl groups is 1. The van der Waals surface area contributed by atoms with Crippen molar-refractivity contribution in [3.05, 3.63) is 23.8 Å². The van der Waals surface area contributed by atoms with Crippen LogP contribution in [0.25, 0.3) is 0 Å². The van der Waals surface area contributed by atoms with Gasteiger partial charge in [0.1, 0.15) is 0 Å². The first-order valence-corrected chi connectivity index (χ1v) is 6.31. The van der Waals surface area contributed by atoms with E-state index in [4.69, 9.17) is 21.4 Å². The Labute approximate surface area is 111 Å². The number of phenolic OH excluding ortho intramolecular Hbond substituents is 1. The van der Waals surface area contributed by atoms with Crippen LogP contribution in [-0.4, -0.2) is 34.6 Å². The van der Waals surface area contributed by atoms with Crippen molar-refractivity contribution in [2.45, 2.75) is 25.9 Å². The standard InChI is InChI=1S/C13H17ClO4/c1-9(15)7-11(16)10-3-4-13(12(17)8-10)18-6-2-5-14/h3-4,8-9,15,17H,2,5-7H2,1H3. The topological polar surface area (TPSA) is 66.8 Å². The SMILES string of the molecule is CC(O)CC(=O)c1ccc(OCCCCl)c(O)c1. The van der Waals surface area contributed by atoms with E-state index in [1.807, 2.05) is 0 Å². The van der Waals surface area contributed by atoms with Crippen molar-refractivity contribution in [1.82, 2.24) is 0 Å². The molecule has 2 N–H and O–H groups in total. The summed E-state index contributed by atoms with van der Waals surface area (Å²) in [6.07, 6.45) is 0.0228. The second-order valence-electron chi connectivity index (χ2n) is 4.05. The highest BCUT2D eigenvalue weighted by atomic mass is 35.5. The highest BCUT2D eigenvalue weighted by Gasteiger charge is 2.12. The number of hydrogen-bond acceptors (Lipinski definition) is 4. The molecular formula is C13H17ClO4. The number of hydrogen-bond donors (Lipinski definition) is 2. The lowest BCUT2D eigenvalue weighted by Crippen LogP contribution is -2.09. The van der Waals surface area contributed by atoms with Gasteiger partial charge in [-0.3, -0.25) is 4.79 Å². The number of ether oxygens (including phenoxy) is 1. The van der Waals surface area contributed by atoms with Gasteiger partial charge in [0, 0.05) is 17.9 Å². The third-order valence-electron chi connectivity index (χ3n) is 2.30. The lowest BCUT2D eigenvalue weighted by molar-refractivity contribution is 0.0901. The summed E-state index contributed by atoms with van der Waals surface area (Å²) >= 11 is 5.51. The predicted octanol–water partition coefficient (Wildman–Crippen LogP) is 2.35. The molecule has 0 bridgehead atoms. The van der Waals surface area contributed by atoms with Crippen molar-refractivity contribution in [2.75, 3.05) is 12.5 Å². The average Bonchev–Trinajstić information content (AvgIpc) is 2.30. The van der Waals surface area contributed by atoms with Crippen LogP contribution < -0.4 is 4.74 Å². The molecule has 0 saturated heterocycles. The van der Waals surface area contributed by atoms with Crippen LogP contribution in [-0.2, 0) is 0 Å². The van der Waals surface area contributed by atoms with Crippen molar-refractivity contribution in [1.29, 1.82) is 0 Å². The van der Waals surface area contributed by atoms with E-state index in [1.165, 1.54) is 6.07 Å². The molecule has 1 unspecified atom stereocenters. The van der Waals surface area contributed by atoms with Gasteiger partial charge >= 0.3 is 0 Å². The fourth-order valence-corrected chi connectivity index (χ4v) is 1.54. The Hall–Kier alpha value is -1.26. The molecule has 0 radical (unpaired) electrons. The number of alkyl halides is 1. The Balaban J connectivity index is 2.69. The molecule has 1 aromatic carbocycles. The third-order valence-corrected chi connectivity index (χ3v) is 2.56. The van der Waals surface area contributed by atoms with Gasteiger partial charge in [0.25, 0.3) is 0 Å². The smallest absolute Gasteiger partial charge is 0.165 e. The highest BCUT2D eigenvalue weighted by Crippen LogP contribution is 2.27. The minimum Gasteiger partial charge on any atom is -0.504 e. The van der Waals surface area contributed by atoms with Crippen LogP contribution in [0.1, 0.15) is 30.1 Å². The van der Waals surface area contributed by atoms with Crippen molar-refractivity contribution in [3.8, 4) is 11.5 Å². The predicted molar refractivity (Wildman–Crippen MR) is 69.6 cm³/mol. The number of Topliss-reactive ketones (excluding diaryl/α,β-unsaturated/α-hetero) is 1. The molecule has 1 atom stereocenters. The van der Waals surface area contributed by atoms with Crippen LogP contribution in [0, 0.1) is 0 Å². The summed E-state index contributed by atoms with van der Waals surface area (Å²) in [4.78, 5) is 11.6. The Morgan fingerprint density at radius 2 is 2.22 bits per heavy atom. The Morgan fingerprint density at radius 1 is 1.50 bits per heavy atom. The first-order chi connectivity index (χ1) is 8.54. The minimum atomic E-state index is -0.695. The maximum absolute atomic E-state index is 11.6. The number of aromatic hydroxyl groups is 1. The van der Waals surface area contributed by atoms with Crippen LogP contribution in [0.2, 0.25) is 0 Å². The number of rotatable bonds is 7. The summed E-state index contributed by atoms with van der Waals surface area (Å²) in [6, 6.07) is 4.46. The van der Waals surface area contributed by atoms with E-state index in [9.17, 15) is 9.90 Å². The maximum Gasteiger partial charge on any atom is 0.165 e. The van der Waals surface area contributed by atoms with Crippen LogP contribution in [0.15, 0.2) is 18.2 Å². The quantitative estimate of drug-likeness (QED) is 0.454. The number of halogens is 1. The van der Waals surface area contributed by atoms with Gasteiger partial charge in [0.05, 0.1) is 12.7 Å². The van der Waals surface area contributed by atoms with Gasteiger partial charge in [0.2, 0.25) is 0 Å². The fourth-order valence-electron chi connectivity index (χ4n) is 1.44. The Bertz CT molecular complexity index is 404. The molecule has 1 aromatic rings. The second-order valence-corrected chi connectivity index (χ2v) is 4.43. The molecule has 18 heavy (non-hydrogen) atoms. The Morgan fingerprint density at radius 3 is 2.78 bits per heavy atom. The third kappa shape index (κ3) is 4.55. The van der Waals surface area contributed by atoms with E-state index in [0.717, 1.165) is 0 Å². The molecular weight excluding hydrogens is 256 g/mol. The number of benzene rings is 1. The number of aliphatic hydroxyl groups excluding tert-OH is 1. The molecule has 0 heterocycles. The van der Waals surface area contributed by atoms with Crippen molar-refractivity contribution < 1.29 is 19.7 Å². The van der Waals surface area contributed by atoms with E-state index in [0.29, 0.717) is 30.2 Å². The highest BCUT2D eigenvalue weighted by molar-refractivity contribution is 6.17. The monoisotopic (exact) mass is 272 g/mol. The summed E-state index contributed by atoms with van der Waals surface area (Å²) in [6.45, 7) is 1.96. The van der Waals surface area contributed by atoms with Crippen LogP contribution in [0.3, 0.4) is 0 Å². The lowest BCUT2D eigenvalue weighted by Gasteiger charge is -2.09. The van der Waals surface area contributed by atoms with Gasteiger partial charge in [-0.05, 0) is 31.5 Å². The first kappa shape index (κ1) is 14.8. The van der Waals surface area contributed by atoms with Crippen molar-refractivity contribution >= 4 is 17.4 Å². The van der Waals surface area contributed by atoms with Crippen molar-refractivity contribution in [2.24, 2.45) is 0 Å². The molecule has 100 valence electrons. The normalized spacial score (nSPS) is 12.2. The molecule has 0 aliphatic heterocycles. The molecule has 1 rings (SSSR count). The molecule has 0 spiro atoms. The second kappa shape index (κ2) is 7.24. The van der Waals surface area contributed by atoms with E-state index in [1.54, 1.807) is 19.1 Å². The zero-order valence-corrected chi connectivity index (χ0v) is 11.0. The van der Waals surface area contributed by atoms with E-state index in [-0.39, 0.29) is 18.0 Å². The summed E-state index contributed by atoms with van der Waals surface area (Å²) in [5.74, 6) is 0.522. The van der Waals surface area contributed by atoms with E-state index >= 15 is 0 Å². The van der Waals surface area contributed by atoms with Crippen LogP contribution >= 0.6 is 11.6 Å². The average molecular weight is 273 g/mol. The zero-order chi connectivity index (χ0) is 13.5. The minimum absolute atomic E-state index is 0.0336. The summed E-state index contributed by atoms with van der Waals surface area (Å²) < 4.78 is 5.30. The number of ketones is 1. The van der Waals surface area contributed by atoms with Gasteiger partial charge in [0.15, 0.2) is 17.3 Å². The number of phenols is 1. The first-order valence-electron chi connectivity index (χ1n) is 5.77. The number of carbonyl (C=O) groups excluding carboxylic acids is 1. The summed E-state index contributed by atoms with van der Waals surface area (Å²) in [5, 5.41) is 18.8. The molecule has 0 fully saturated rings. The van der Waals surface area contributed by atoms with Gasteiger partial charge in [-0.15, -0.1) is 11.6 Å². The van der Waals surface area contributed by atoms with Gasteiger partial charge < -0.3 is 14.9 Å². The zero-order valence-electron chi connectivity index (χ0n) is 10.2. The van der Waals surface area contributed by atoms with E-state index < -0.39 is 6.10 Å². The molecule has 0 aromatic heterocycles. The lowest BCUT2D eigenvalue weighted by atomic mass is 10.1. The van der Waals surface area contributed by atoms with Gasteiger partial charge in [-0.1, -0.05) is 0 Å². The molecule has 5 heteroatoms. The molecule has 0 amide bonds. The van der Waals surface area contributed by atoms with Gasteiger partial charge in [-0.2, -0.15) is 0 Å². The Kier molecular flexibility index (Phi) is 5.95. The molecule has 0 saturated carbocycles. The van der Waals surface area contributed by atoms with Crippen LogP contribution in [0.4, 0.5) is 0 Å².